The van der Waals surface area contributed by atoms with Gasteiger partial charge in [-0.25, -0.2) is 0 Å². The maximum absolute atomic E-state index is 11.8. The highest BCUT2D eigenvalue weighted by Gasteiger charge is 2.35. The Hall–Kier alpha value is -2.53. The summed E-state index contributed by atoms with van der Waals surface area (Å²) in [5.41, 5.74) is 0.679. The molecular weight excluding hydrogens is 284 g/mol. The van der Waals surface area contributed by atoms with Gasteiger partial charge in [-0.1, -0.05) is 79.9 Å². The number of hydrogen-bond donors (Lipinski definition) is 0. The largest absolute Gasteiger partial charge is 0.437 e. The van der Waals surface area contributed by atoms with E-state index >= 15 is 0 Å². The van der Waals surface area contributed by atoms with Gasteiger partial charge in [0.05, 0.1) is 0 Å². The van der Waals surface area contributed by atoms with Crippen molar-refractivity contribution in [2.24, 2.45) is 0 Å². The maximum Gasteiger partial charge on any atom is 0.304 e. The Morgan fingerprint density at radius 2 is 1.52 bits per heavy atom. The molecular formula is C21H22O2. The van der Waals surface area contributed by atoms with Crippen molar-refractivity contribution in [3.8, 4) is 11.8 Å². The van der Waals surface area contributed by atoms with E-state index < -0.39 is 5.60 Å². The lowest BCUT2D eigenvalue weighted by atomic mass is 9.86. The van der Waals surface area contributed by atoms with Crippen molar-refractivity contribution in [2.75, 3.05) is 0 Å². The minimum Gasteiger partial charge on any atom is -0.437 e. The third kappa shape index (κ3) is 4.23. The molecule has 0 N–H and O–H groups in total. The zero-order chi connectivity index (χ0) is 16.5. The summed E-state index contributed by atoms with van der Waals surface area (Å²) in [5.74, 6) is 6.10. The van der Waals surface area contributed by atoms with E-state index in [0.29, 0.717) is 0 Å². The molecule has 0 aliphatic rings. The molecule has 2 aromatic rings. The minimum absolute atomic E-state index is 0.345. The Labute approximate surface area is 138 Å². The van der Waals surface area contributed by atoms with Gasteiger partial charge in [-0.05, 0) is 12.3 Å². The van der Waals surface area contributed by atoms with Gasteiger partial charge in [0.2, 0.25) is 5.60 Å². The van der Waals surface area contributed by atoms with Crippen LogP contribution in [0.2, 0.25) is 0 Å². The molecule has 2 heteroatoms. The van der Waals surface area contributed by atoms with Gasteiger partial charge >= 0.3 is 5.97 Å². The normalized spacial score (nSPS) is 10.5. The van der Waals surface area contributed by atoms with Crippen molar-refractivity contribution in [1.82, 2.24) is 0 Å². The summed E-state index contributed by atoms with van der Waals surface area (Å²) in [6, 6.07) is 19.4. The Kier molecular flexibility index (Phi) is 6.00. The number of benzene rings is 2. The van der Waals surface area contributed by atoms with Crippen molar-refractivity contribution in [3.05, 3.63) is 71.8 Å². The molecule has 0 saturated carbocycles. The zero-order valence-corrected chi connectivity index (χ0v) is 13.7. The smallest absolute Gasteiger partial charge is 0.304 e. The highest BCUT2D eigenvalue weighted by molar-refractivity contribution is 5.68. The van der Waals surface area contributed by atoms with Crippen LogP contribution < -0.4 is 0 Å². The van der Waals surface area contributed by atoms with E-state index in [1.807, 2.05) is 60.7 Å². The highest BCUT2D eigenvalue weighted by atomic mass is 16.6. The van der Waals surface area contributed by atoms with Crippen LogP contribution in [0.5, 0.6) is 0 Å². The Balaban J connectivity index is 2.58. The van der Waals surface area contributed by atoms with Gasteiger partial charge in [0.15, 0.2) is 0 Å². The van der Waals surface area contributed by atoms with E-state index in [1.54, 1.807) is 0 Å². The fraction of sp³-hybridized carbons (Fsp3) is 0.286. The van der Waals surface area contributed by atoms with Crippen LogP contribution in [0.15, 0.2) is 60.7 Å². The fourth-order valence-corrected chi connectivity index (χ4v) is 2.47. The Morgan fingerprint density at radius 1 is 1.00 bits per heavy atom. The summed E-state index contributed by atoms with van der Waals surface area (Å²) >= 11 is 0. The molecule has 0 bridgehead atoms. The second kappa shape index (κ2) is 8.19. The zero-order valence-electron chi connectivity index (χ0n) is 13.7. The summed E-state index contributed by atoms with van der Waals surface area (Å²) in [5, 5.41) is 0. The number of rotatable bonds is 5. The molecule has 0 spiro atoms. The molecule has 2 aromatic carbocycles. The highest BCUT2D eigenvalue weighted by Crippen LogP contribution is 2.33. The lowest BCUT2D eigenvalue weighted by Crippen LogP contribution is -2.31. The van der Waals surface area contributed by atoms with Crippen LogP contribution in [-0.2, 0) is 15.1 Å². The van der Waals surface area contributed by atoms with Gasteiger partial charge in [-0.3, -0.25) is 4.79 Å². The first kappa shape index (κ1) is 16.8. The number of hydrogen-bond acceptors (Lipinski definition) is 2. The summed E-state index contributed by atoms with van der Waals surface area (Å²) in [7, 11) is 0. The molecule has 0 fully saturated rings. The number of carbonyl (C=O) groups is 1. The lowest BCUT2D eigenvalue weighted by Gasteiger charge is -2.29. The minimum atomic E-state index is -1.05. The van der Waals surface area contributed by atoms with Crippen LogP contribution >= 0.6 is 0 Å². The predicted octanol–water partition coefficient (Wildman–Crippen LogP) is 4.69. The van der Waals surface area contributed by atoms with Crippen molar-refractivity contribution >= 4 is 5.97 Å². The number of ether oxygens (including phenoxy) is 1. The number of unbranched alkanes of at least 4 members (excludes halogenated alkanes) is 2. The van der Waals surface area contributed by atoms with Crippen LogP contribution in [0.3, 0.4) is 0 Å². The predicted molar refractivity (Wildman–Crippen MR) is 92.7 cm³/mol. The average molecular weight is 306 g/mol. The number of carbonyl (C=O) groups excluding carboxylic acids is 1. The summed E-state index contributed by atoms with van der Waals surface area (Å²) in [4.78, 5) is 11.8. The first-order valence-electron chi connectivity index (χ1n) is 7.99. The maximum atomic E-state index is 11.8. The summed E-state index contributed by atoms with van der Waals surface area (Å²) in [6.45, 7) is 3.56. The molecule has 2 rings (SSSR count). The van der Waals surface area contributed by atoms with Gasteiger partial charge in [-0.2, -0.15) is 0 Å². The molecule has 0 aliphatic heterocycles. The molecule has 0 heterocycles. The van der Waals surface area contributed by atoms with E-state index in [0.717, 1.165) is 30.4 Å². The third-order valence-corrected chi connectivity index (χ3v) is 3.58. The van der Waals surface area contributed by atoms with Gasteiger partial charge in [0.1, 0.15) is 0 Å². The molecule has 0 aliphatic carbocycles. The van der Waals surface area contributed by atoms with E-state index in [9.17, 15) is 4.79 Å². The van der Waals surface area contributed by atoms with Crippen molar-refractivity contribution in [3.63, 3.8) is 0 Å². The van der Waals surface area contributed by atoms with E-state index in [2.05, 4.69) is 18.8 Å². The average Bonchev–Trinajstić information content (AvgIpc) is 2.59. The van der Waals surface area contributed by atoms with Crippen LogP contribution in [-0.4, -0.2) is 5.97 Å². The first-order valence-corrected chi connectivity index (χ1v) is 7.99. The van der Waals surface area contributed by atoms with Gasteiger partial charge in [0.25, 0.3) is 0 Å². The van der Waals surface area contributed by atoms with E-state index in [-0.39, 0.29) is 5.97 Å². The fourth-order valence-electron chi connectivity index (χ4n) is 2.47. The van der Waals surface area contributed by atoms with Crippen molar-refractivity contribution in [1.29, 1.82) is 0 Å². The Bertz CT molecular complexity index is 639. The quantitative estimate of drug-likeness (QED) is 0.455. The molecule has 0 saturated heterocycles. The van der Waals surface area contributed by atoms with E-state index in [1.165, 1.54) is 6.92 Å². The number of esters is 1. The first-order chi connectivity index (χ1) is 11.2. The molecule has 0 amide bonds. The second-order valence-corrected chi connectivity index (χ2v) is 5.41. The monoisotopic (exact) mass is 306 g/mol. The molecule has 118 valence electrons. The van der Waals surface area contributed by atoms with Gasteiger partial charge in [-0.15, -0.1) is 0 Å². The van der Waals surface area contributed by atoms with Crippen LogP contribution in [0, 0.1) is 11.8 Å². The topological polar surface area (TPSA) is 26.3 Å². The molecule has 0 unspecified atom stereocenters. The van der Waals surface area contributed by atoms with Crippen molar-refractivity contribution in [2.45, 2.75) is 38.7 Å². The van der Waals surface area contributed by atoms with Gasteiger partial charge < -0.3 is 4.74 Å². The second-order valence-electron chi connectivity index (χ2n) is 5.41. The summed E-state index contributed by atoms with van der Waals surface area (Å²) in [6.07, 6.45) is 2.91. The molecule has 0 atom stereocenters. The lowest BCUT2D eigenvalue weighted by molar-refractivity contribution is -0.149. The molecule has 0 radical (unpaired) electrons. The van der Waals surface area contributed by atoms with Crippen LogP contribution in [0.25, 0.3) is 0 Å². The van der Waals surface area contributed by atoms with E-state index in [4.69, 9.17) is 4.74 Å². The van der Waals surface area contributed by atoms with Gasteiger partial charge in [0, 0.05) is 24.5 Å². The van der Waals surface area contributed by atoms with Crippen LogP contribution in [0.1, 0.15) is 44.2 Å². The third-order valence-electron chi connectivity index (χ3n) is 3.58. The standard InChI is InChI=1S/C21H22O2/c1-3-4-5-12-17-21(23-18(2)22,19-13-8-6-9-14-19)20-15-10-7-11-16-20/h6-11,13-16H,3-5H2,1-2H3. The molecule has 23 heavy (non-hydrogen) atoms. The van der Waals surface area contributed by atoms with Crippen LogP contribution in [0.4, 0.5) is 0 Å². The molecule has 0 aromatic heterocycles. The summed E-state index contributed by atoms with van der Waals surface area (Å²) < 4.78 is 5.78. The SMILES string of the molecule is CCCCC#CC(OC(C)=O)(c1ccccc1)c1ccccc1. The molecule has 2 nitrogen and oxygen atoms in total. The Morgan fingerprint density at radius 3 is 1.96 bits per heavy atom. The van der Waals surface area contributed by atoms with Crippen molar-refractivity contribution < 1.29 is 9.53 Å².